The molecule has 2 aromatic carbocycles. The number of nitrogens with zero attached hydrogens (tertiary/aromatic N) is 2. The van der Waals surface area contributed by atoms with Gasteiger partial charge >= 0.3 is 0 Å². The highest BCUT2D eigenvalue weighted by Crippen LogP contribution is 2.21. The molecule has 0 aliphatic heterocycles. The summed E-state index contributed by atoms with van der Waals surface area (Å²) in [7, 11) is 0. The maximum Gasteiger partial charge on any atom is 0.271 e. The van der Waals surface area contributed by atoms with Crippen molar-refractivity contribution in [1.82, 2.24) is 9.99 Å². The second-order valence-electron chi connectivity index (χ2n) is 5.68. The minimum Gasteiger partial charge on any atom is -0.315 e. The van der Waals surface area contributed by atoms with Crippen LogP contribution in [0.1, 0.15) is 27.3 Å². The quantitative estimate of drug-likeness (QED) is 0.568. The molecule has 1 N–H and O–H groups in total. The predicted octanol–water partition coefficient (Wildman–Crippen LogP) is 4.00. The Hall–Kier alpha value is -3.21. The third kappa shape index (κ3) is 3.50. The van der Waals surface area contributed by atoms with Gasteiger partial charge in [0.1, 0.15) is 5.82 Å². The van der Waals surface area contributed by atoms with E-state index in [-0.39, 0.29) is 11.7 Å². The number of aryl methyl sites for hydroxylation is 1. The maximum atomic E-state index is 14.1. The lowest BCUT2D eigenvalue weighted by atomic mass is 10.2. The highest BCUT2D eigenvalue weighted by atomic mass is 19.1. The van der Waals surface area contributed by atoms with Gasteiger partial charge in [0.2, 0.25) is 0 Å². The van der Waals surface area contributed by atoms with E-state index >= 15 is 0 Å². The van der Waals surface area contributed by atoms with Crippen LogP contribution >= 0.6 is 0 Å². The Balaban J connectivity index is 1.82. The number of benzene rings is 2. The van der Waals surface area contributed by atoms with E-state index in [2.05, 4.69) is 10.5 Å². The number of rotatable bonds is 4. The van der Waals surface area contributed by atoms with Crippen LogP contribution < -0.4 is 5.43 Å². The van der Waals surface area contributed by atoms with Crippen molar-refractivity contribution in [3.63, 3.8) is 0 Å². The first-order valence-electron chi connectivity index (χ1n) is 7.90. The van der Waals surface area contributed by atoms with Crippen molar-refractivity contribution in [1.29, 1.82) is 0 Å². The molecular formula is C20H18FN3O. The van der Waals surface area contributed by atoms with E-state index in [9.17, 15) is 9.18 Å². The van der Waals surface area contributed by atoms with E-state index in [1.807, 2.05) is 30.5 Å². The zero-order valence-corrected chi connectivity index (χ0v) is 14.0. The molecule has 3 rings (SSSR count). The summed E-state index contributed by atoms with van der Waals surface area (Å²) < 4.78 is 15.9. The Kier molecular flexibility index (Phi) is 4.75. The minimum atomic E-state index is -0.287. The van der Waals surface area contributed by atoms with Gasteiger partial charge in [-0.1, -0.05) is 30.3 Å². The summed E-state index contributed by atoms with van der Waals surface area (Å²) in [5, 5.41) is 4.02. The largest absolute Gasteiger partial charge is 0.315 e. The van der Waals surface area contributed by atoms with Gasteiger partial charge in [-0.3, -0.25) is 4.79 Å². The normalized spacial score (nSPS) is 11.0. The van der Waals surface area contributed by atoms with Crippen molar-refractivity contribution in [2.75, 3.05) is 0 Å². The van der Waals surface area contributed by atoms with Gasteiger partial charge in [0.25, 0.3) is 5.91 Å². The van der Waals surface area contributed by atoms with Crippen LogP contribution in [0.15, 0.2) is 65.8 Å². The fraction of sp³-hybridized carbons (Fsp3) is 0.100. The average Bonchev–Trinajstić information content (AvgIpc) is 2.90. The lowest BCUT2D eigenvalue weighted by Gasteiger charge is -2.10. The number of carbonyl (C=O) groups excluding carboxylic acids is 1. The molecule has 0 unspecified atom stereocenters. The van der Waals surface area contributed by atoms with Crippen molar-refractivity contribution in [2.24, 2.45) is 5.10 Å². The second kappa shape index (κ2) is 7.13. The Bertz CT molecular complexity index is 929. The van der Waals surface area contributed by atoms with E-state index in [1.165, 1.54) is 6.07 Å². The predicted molar refractivity (Wildman–Crippen MR) is 96.7 cm³/mol. The minimum absolute atomic E-state index is 0.278. The van der Waals surface area contributed by atoms with Gasteiger partial charge in [-0.25, -0.2) is 9.82 Å². The van der Waals surface area contributed by atoms with E-state index < -0.39 is 0 Å². The summed E-state index contributed by atoms with van der Waals surface area (Å²) in [6, 6.07) is 17.4. The van der Waals surface area contributed by atoms with Gasteiger partial charge in [-0.05, 0) is 44.2 Å². The molecule has 1 aromatic heterocycles. The van der Waals surface area contributed by atoms with Crippen molar-refractivity contribution >= 4 is 12.1 Å². The summed E-state index contributed by atoms with van der Waals surface area (Å²) in [5.41, 5.74) is 6.08. The molecule has 0 fully saturated rings. The van der Waals surface area contributed by atoms with Crippen molar-refractivity contribution < 1.29 is 9.18 Å². The fourth-order valence-corrected chi connectivity index (χ4v) is 2.74. The van der Waals surface area contributed by atoms with E-state index in [0.717, 1.165) is 17.0 Å². The summed E-state index contributed by atoms with van der Waals surface area (Å²) in [6.45, 7) is 3.79. The summed E-state index contributed by atoms with van der Waals surface area (Å²) in [4.78, 5) is 12.0. The highest BCUT2D eigenvalue weighted by molar-refractivity contribution is 5.94. The molecule has 0 saturated heterocycles. The number of carbonyl (C=O) groups is 1. The molecule has 4 nitrogen and oxygen atoms in total. The third-order valence-corrected chi connectivity index (χ3v) is 3.97. The van der Waals surface area contributed by atoms with Crippen LogP contribution in [0.5, 0.6) is 0 Å². The van der Waals surface area contributed by atoms with Crippen molar-refractivity contribution in [2.45, 2.75) is 13.8 Å². The Labute approximate surface area is 145 Å². The number of hydrazone groups is 1. The summed E-state index contributed by atoms with van der Waals surface area (Å²) in [5.74, 6) is -0.565. The first kappa shape index (κ1) is 16.6. The van der Waals surface area contributed by atoms with Crippen LogP contribution in [0.25, 0.3) is 5.69 Å². The first-order chi connectivity index (χ1) is 12.1. The molecule has 0 aliphatic rings. The zero-order chi connectivity index (χ0) is 17.8. The highest BCUT2D eigenvalue weighted by Gasteiger charge is 2.12. The Morgan fingerprint density at radius 1 is 1.08 bits per heavy atom. The van der Waals surface area contributed by atoms with Crippen LogP contribution in [-0.4, -0.2) is 16.7 Å². The molecule has 0 atom stereocenters. The molecular weight excluding hydrogens is 317 g/mol. The van der Waals surface area contributed by atoms with Crippen LogP contribution in [0, 0.1) is 19.7 Å². The molecule has 0 spiro atoms. The fourth-order valence-electron chi connectivity index (χ4n) is 2.74. The Morgan fingerprint density at radius 3 is 2.48 bits per heavy atom. The lowest BCUT2D eigenvalue weighted by Crippen LogP contribution is -2.17. The zero-order valence-electron chi connectivity index (χ0n) is 14.0. The molecule has 1 heterocycles. The Morgan fingerprint density at radius 2 is 1.76 bits per heavy atom. The maximum absolute atomic E-state index is 14.1. The van der Waals surface area contributed by atoms with Gasteiger partial charge < -0.3 is 4.57 Å². The molecule has 0 bridgehead atoms. The average molecular weight is 335 g/mol. The molecule has 126 valence electrons. The van der Waals surface area contributed by atoms with Gasteiger partial charge in [0.15, 0.2) is 0 Å². The molecule has 1 amide bonds. The van der Waals surface area contributed by atoms with Crippen LogP contribution in [0.4, 0.5) is 4.39 Å². The van der Waals surface area contributed by atoms with Gasteiger partial charge in [-0.15, -0.1) is 0 Å². The molecule has 5 heteroatoms. The SMILES string of the molecule is Cc1cc(/C=N/NC(=O)c2ccccc2)c(C)n1-c1ccccc1F. The smallest absolute Gasteiger partial charge is 0.271 e. The number of para-hydroxylation sites is 1. The molecule has 25 heavy (non-hydrogen) atoms. The van der Waals surface area contributed by atoms with Crippen molar-refractivity contribution in [3.05, 3.63) is 89.0 Å². The van der Waals surface area contributed by atoms with E-state index in [0.29, 0.717) is 11.3 Å². The van der Waals surface area contributed by atoms with Crippen LogP contribution in [0.2, 0.25) is 0 Å². The van der Waals surface area contributed by atoms with E-state index in [1.54, 1.807) is 48.7 Å². The molecule has 0 saturated carbocycles. The number of amides is 1. The first-order valence-corrected chi connectivity index (χ1v) is 7.90. The summed E-state index contributed by atoms with van der Waals surface area (Å²) >= 11 is 0. The molecule has 3 aromatic rings. The lowest BCUT2D eigenvalue weighted by molar-refractivity contribution is 0.0955. The standard InChI is InChI=1S/C20H18FN3O/c1-14-12-17(13-22-23-20(25)16-8-4-3-5-9-16)15(2)24(14)19-11-7-6-10-18(19)21/h3-13H,1-2H3,(H,23,25)/b22-13+. The summed E-state index contributed by atoms with van der Waals surface area (Å²) in [6.07, 6.45) is 1.57. The number of nitrogens with one attached hydrogen (secondary N) is 1. The van der Waals surface area contributed by atoms with Gasteiger partial charge in [-0.2, -0.15) is 5.10 Å². The number of halogens is 1. The monoisotopic (exact) mass is 335 g/mol. The molecule has 0 radical (unpaired) electrons. The number of hydrogen-bond acceptors (Lipinski definition) is 2. The number of hydrogen-bond donors (Lipinski definition) is 1. The molecule has 0 aliphatic carbocycles. The van der Waals surface area contributed by atoms with Gasteiger partial charge in [0.05, 0.1) is 11.9 Å². The van der Waals surface area contributed by atoms with Gasteiger partial charge in [0, 0.05) is 22.5 Å². The third-order valence-electron chi connectivity index (χ3n) is 3.97. The number of aromatic nitrogens is 1. The van der Waals surface area contributed by atoms with E-state index in [4.69, 9.17) is 0 Å². The topological polar surface area (TPSA) is 46.4 Å². The van der Waals surface area contributed by atoms with Crippen molar-refractivity contribution in [3.8, 4) is 5.69 Å². The van der Waals surface area contributed by atoms with Crippen LogP contribution in [-0.2, 0) is 0 Å². The van der Waals surface area contributed by atoms with Crippen LogP contribution in [0.3, 0.4) is 0 Å². The second-order valence-corrected chi connectivity index (χ2v) is 5.68.